The van der Waals surface area contributed by atoms with Gasteiger partial charge in [-0.05, 0) is 38.6 Å². The molecule has 2 saturated heterocycles. The highest BCUT2D eigenvalue weighted by molar-refractivity contribution is 5.85. The molecular weight excluding hydrogens is 276 g/mol. The summed E-state index contributed by atoms with van der Waals surface area (Å²) in [6.07, 6.45) is 9.12. The van der Waals surface area contributed by atoms with E-state index in [0.717, 1.165) is 45.4 Å². The second-order valence-corrected chi connectivity index (χ2v) is 6.26. The second kappa shape index (κ2) is 7.62. The van der Waals surface area contributed by atoms with Crippen LogP contribution in [0.4, 0.5) is 0 Å². The van der Waals surface area contributed by atoms with Gasteiger partial charge in [0, 0.05) is 19.6 Å². The number of piperidine rings is 1. The smallest absolute Gasteiger partial charge is 0.227 e. The van der Waals surface area contributed by atoms with Crippen LogP contribution in [0.2, 0.25) is 0 Å². The Bertz CT molecular complexity index is 307. The van der Waals surface area contributed by atoms with Crippen molar-refractivity contribution in [3.63, 3.8) is 0 Å². The maximum atomic E-state index is 12.3. The molecule has 1 atom stereocenters. The van der Waals surface area contributed by atoms with E-state index in [1.54, 1.807) is 0 Å². The van der Waals surface area contributed by atoms with Gasteiger partial charge in [0.15, 0.2) is 0 Å². The first kappa shape index (κ1) is 16.1. The summed E-state index contributed by atoms with van der Waals surface area (Å²) in [6, 6.07) is 0. The average Bonchev–Trinajstić information content (AvgIpc) is 3.12. The number of halogens is 1. The minimum absolute atomic E-state index is 0. The second-order valence-electron chi connectivity index (χ2n) is 6.26. The molecule has 0 aromatic rings. The molecular formula is C15H27ClN2O2. The zero-order chi connectivity index (χ0) is 13.1. The molecule has 1 saturated carbocycles. The lowest BCUT2D eigenvalue weighted by Crippen LogP contribution is -2.44. The Morgan fingerprint density at radius 3 is 2.25 bits per heavy atom. The molecule has 0 radical (unpaired) electrons. The van der Waals surface area contributed by atoms with Crippen molar-refractivity contribution in [1.82, 2.24) is 10.2 Å². The molecule has 1 N–H and O–H groups in total. The van der Waals surface area contributed by atoms with Crippen molar-refractivity contribution in [3.8, 4) is 0 Å². The van der Waals surface area contributed by atoms with E-state index in [0.29, 0.717) is 18.1 Å². The highest BCUT2D eigenvalue weighted by atomic mass is 35.5. The molecule has 20 heavy (non-hydrogen) atoms. The van der Waals surface area contributed by atoms with Crippen molar-refractivity contribution in [2.45, 2.75) is 57.2 Å². The van der Waals surface area contributed by atoms with Gasteiger partial charge in [0.2, 0.25) is 5.91 Å². The maximum Gasteiger partial charge on any atom is 0.227 e. The van der Waals surface area contributed by atoms with Crippen molar-refractivity contribution in [3.05, 3.63) is 0 Å². The summed E-state index contributed by atoms with van der Waals surface area (Å²) in [4.78, 5) is 14.4. The number of ether oxygens (including phenoxy) is 1. The van der Waals surface area contributed by atoms with Gasteiger partial charge in [0.05, 0.1) is 18.1 Å². The number of carbonyl (C=O) groups excluding carboxylic acids is 1. The lowest BCUT2D eigenvalue weighted by molar-refractivity contribution is -0.138. The molecule has 0 aromatic carbocycles. The average molecular weight is 303 g/mol. The number of carbonyl (C=O) groups is 1. The largest absolute Gasteiger partial charge is 0.375 e. The van der Waals surface area contributed by atoms with E-state index >= 15 is 0 Å². The molecule has 2 aliphatic heterocycles. The molecule has 0 bridgehead atoms. The van der Waals surface area contributed by atoms with Gasteiger partial charge in [-0.3, -0.25) is 4.79 Å². The summed E-state index contributed by atoms with van der Waals surface area (Å²) >= 11 is 0. The van der Waals surface area contributed by atoms with Crippen LogP contribution >= 0.6 is 12.4 Å². The molecule has 3 rings (SSSR count). The molecule has 1 amide bonds. The number of hydrogen-bond acceptors (Lipinski definition) is 3. The highest BCUT2D eigenvalue weighted by Gasteiger charge is 2.31. The molecule has 3 fully saturated rings. The predicted octanol–water partition coefficient (Wildman–Crippen LogP) is 1.97. The van der Waals surface area contributed by atoms with Crippen molar-refractivity contribution in [2.75, 3.05) is 26.2 Å². The topological polar surface area (TPSA) is 41.6 Å². The van der Waals surface area contributed by atoms with E-state index in [1.807, 2.05) is 0 Å². The summed E-state index contributed by atoms with van der Waals surface area (Å²) < 4.78 is 6.16. The van der Waals surface area contributed by atoms with Crippen LogP contribution < -0.4 is 5.32 Å². The van der Waals surface area contributed by atoms with Crippen molar-refractivity contribution >= 4 is 18.3 Å². The number of nitrogens with one attached hydrogen (secondary N) is 1. The Hall–Kier alpha value is -0.320. The van der Waals surface area contributed by atoms with Gasteiger partial charge in [-0.2, -0.15) is 0 Å². The standard InChI is InChI=1S/C15H26N2O2.ClH/c18-15(12-5-8-16-11-12)17-9-6-14(7-10-17)19-13-3-1-2-4-13;/h12-14,16H,1-11H2;1H. The summed E-state index contributed by atoms with van der Waals surface area (Å²) in [5.74, 6) is 0.594. The minimum atomic E-state index is 0. The molecule has 5 heteroatoms. The van der Waals surface area contributed by atoms with E-state index in [9.17, 15) is 4.79 Å². The van der Waals surface area contributed by atoms with Crippen molar-refractivity contribution in [1.29, 1.82) is 0 Å². The van der Waals surface area contributed by atoms with E-state index < -0.39 is 0 Å². The van der Waals surface area contributed by atoms with Gasteiger partial charge >= 0.3 is 0 Å². The van der Waals surface area contributed by atoms with Crippen LogP contribution in [0.1, 0.15) is 44.9 Å². The molecule has 0 aromatic heterocycles. The maximum absolute atomic E-state index is 12.3. The van der Waals surface area contributed by atoms with Gasteiger partial charge in [-0.25, -0.2) is 0 Å². The number of rotatable bonds is 3. The molecule has 1 unspecified atom stereocenters. The zero-order valence-electron chi connectivity index (χ0n) is 12.2. The third-order valence-electron chi connectivity index (χ3n) is 4.85. The Kier molecular flexibility index (Phi) is 6.12. The molecule has 0 spiro atoms. The Balaban J connectivity index is 0.00000147. The highest BCUT2D eigenvalue weighted by Crippen LogP contribution is 2.26. The van der Waals surface area contributed by atoms with E-state index in [2.05, 4.69) is 10.2 Å². The van der Waals surface area contributed by atoms with Crippen molar-refractivity contribution < 1.29 is 9.53 Å². The van der Waals surface area contributed by atoms with Crippen LogP contribution in [-0.4, -0.2) is 49.2 Å². The number of hydrogen-bond donors (Lipinski definition) is 1. The summed E-state index contributed by atoms with van der Waals surface area (Å²) in [5.41, 5.74) is 0. The normalized spacial score (nSPS) is 28.6. The summed E-state index contributed by atoms with van der Waals surface area (Å²) in [6.45, 7) is 3.66. The number of likely N-dealkylation sites (tertiary alicyclic amines) is 1. The molecule has 1 aliphatic carbocycles. The van der Waals surface area contributed by atoms with Crippen LogP contribution in [0, 0.1) is 5.92 Å². The minimum Gasteiger partial charge on any atom is -0.375 e. The van der Waals surface area contributed by atoms with Gasteiger partial charge in [-0.15, -0.1) is 12.4 Å². The fraction of sp³-hybridized carbons (Fsp3) is 0.933. The van der Waals surface area contributed by atoms with Crippen LogP contribution in [-0.2, 0) is 9.53 Å². The Morgan fingerprint density at radius 1 is 1.00 bits per heavy atom. The van der Waals surface area contributed by atoms with Crippen LogP contribution in [0.25, 0.3) is 0 Å². The fourth-order valence-corrected chi connectivity index (χ4v) is 3.63. The third-order valence-corrected chi connectivity index (χ3v) is 4.85. The SMILES string of the molecule is Cl.O=C(C1CCNC1)N1CCC(OC2CCCC2)CC1. The first-order valence-corrected chi connectivity index (χ1v) is 7.98. The van der Waals surface area contributed by atoms with Crippen LogP contribution in [0.5, 0.6) is 0 Å². The summed E-state index contributed by atoms with van der Waals surface area (Å²) in [5, 5.41) is 3.28. The first-order chi connectivity index (χ1) is 9.33. The third kappa shape index (κ3) is 3.86. The monoisotopic (exact) mass is 302 g/mol. The van der Waals surface area contributed by atoms with Gasteiger partial charge < -0.3 is 15.0 Å². The molecule has 2 heterocycles. The first-order valence-electron chi connectivity index (χ1n) is 7.98. The molecule has 4 nitrogen and oxygen atoms in total. The molecule has 116 valence electrons. The van der Waals surface area contributed by atoms with Gasteiger partial charge in [0.1, 0.15) is 0 Å². The van der Waals surface area contributed by atoms with E-state index in [4.69, 9.17) is 4.74 Å². The zero-order valence-corrected chi connectivity index (χ0v) is 13.0. The molecule has 3 aliphatic rings. The van der Waals surface area contributed by atoms with Gasteiger partial charge in [-0.1, -0.05) is 12.8 Å². The van der Waals surface area contributed by atoms with Crippen LogP contribution in [0.15, 0.2) is 0 Å². The fourth-order valence-electron chi connectivity index (χ4n) is 3.63. The van der Waals surface area contributed by atoms with Crippen LogP contribution in [0.3, 0.4) is 0 Å². The Morgan fingerprint density at radius 2 is 1.65 bits per heavy atom. The number of amides is 1. The van der Waals surface area contributed by atoms with Gasteiger partial charge in [0.25, 0.3) is 0 Å². The predicted molar refractivity (Wildman–Crippen MR) is 81.2 cm³/mol. The Labute approximate surface area is 128 Å². The summed E-state index contributed by atoms with van der Waals surface area (Å²) in [7, 11) is 0. The van der Waals surface area contributed by atoms with E-state index in [-0.39, 0.29) is 18.3 Å². The van der Waals surface area contributed by atoms with E-state index in [1.165, 1.54) is 25.7 Å². The lowest BCUT2D eigenvalue weighted by Gasteiger charge is -2.34. The lowest BCUT2D eigenvalue weighted by atomic mass is 10.0. The number of nitrogens with zero attached hydrogens (tertiary/aromatic N) is 1. The van der Waals surface area contributed by atoms with Crippen molar-refractivity contribution in [2.24, 2.45) is 5.92 Å². The quantitative estimate of drug-likeness (QED) is 0.866.